The van der Waals surface area contributed by atoms with Crippen molar-refractivity contribution >= 4 is 0 Å². The lowest BCUT2D eigenvalue weighted by Gasteiger charge is -2.09. The Morgan fingerprint density at radius 3 is 3.00 bits per heavy atom. The van der Waals surface area contributed by atoms with Crippen LogP contribution in [0.15, 0.2) is 12.3 Å². The molecule has 1 saturated heterocycles. The molecule has 1 atom stereocenters. The van der Waals surface area contributed by atoms with Crippen LogP contribution >= 0.6 is 0 Å². The van der Waals surface area contributed by atoms with E-state index in [4.69, 9.17) is 0 Å². The van der Waals surface area contributed by atoms with Gasteiger partial charge in [0.15, 0.2) is 0 Å². The van der Waals surface area contributed by atoms with Crippen molar-refractivity contribution in [3.8, 4) is 0 Å². The first kappa shape index (κ1) is 9.59. The molecular formula is C11H17N3. The number of hydrogen-bond donors (Lipinski definition) is 1. The zero-order valence-electron chi connectivity index (χ0n) is 8.83. The van der Waals surface area contributed by atoms with Crippen molar-refractivity contribution in [2.75, 3.05) is 13.1 Å². The molecule has 0 amide bonds. The van der Waals surface area contributed by atoms with Crippen LogP contribution in [0.25, 0.3) is 0 Å². The van der Waals surface area contributed by atoms with Crippen LogP contribution in [0.4, 0.5) is 0 Å². The Kier molecular flexibility index (Phi) is 2.77. The Morgan fingerprint density at radius 2 is 2.36 bits per heavy atom. The Bertz CT molecular complexity index is 303. The molecule has 0 aromatic carbocycles. The molecule has 0 spiro atoms. The second-order valence-corrected chi connectivity index (χ2v) is 4.18. The maximum Gasteiger partial charge on any atom is 0.132 e. The lowest BCUT2D eigenvalue weighted by molar-refractivity contribution is 0.680. The zero-order chi connectivity index (χ0) is 9.97. The number of nitrogens with zero attached hydrogens (tertiary/aromatic N) is 2. The van der Waals surface area contributed by atoms with E-state index in [1.165, 1.54) is 6.42 Å². The second kappa shape index (κ2) is 4.05. The van der Waals surface area contributed by atoms with Crippen LogP contribution in [0.2, 0.25) is 0 Å². The summed E-state index contributed by atoms with van der Waals surface area (Å²) in [6.45, 7) is 6.46. The summed E-state index contributed by atoms with van der Waals surface area (Å²) >= 11 is 0. The standard InChI is InChI=1S/C11H17N3/c1-8(2)10-4-6-13-11(14-10)9-3-5-12-7-9/h4,6,8-9,12H,3,5,7H2,1-2H3. The first-order valence-electron chi connectivity index (χ1n) is 5.31. The van der Waals surface area contributed by atoms with E-state index < -0.39 is 0 Å². The van der Waals surface area contributed by atoms with Gasteiger partial charge in [-0.05, 0) is 24.9 Å². The fourth-order valence-electron chi connectivity index (χ4n) is 1.78. The molecule has 76 valence electrons. The molecule has 1 N–H and O–H groups in total. The summed E-state index contributed by atoms with van der Waals surface area (Å²) in [5.74, 6) is 2.03. The molecule has 0 aliphatic carbocycles. The average molecular weight is 191 g/mol. The van der Waals surface area contributed by atoms with Gasteiger partial charge in [-0.2, -0.15) is 0 Å². The van der Waals surface area contributed by atoms with Gasteiger partial charge in [0.2, 0.25) is 0 Å². The maximum atomic E-state index is 4.60. The first-order valence-corrected chi connectivity index (χ1v) is 5.31. The zero-order valence-corrected chi connectivity index (χ0v) is 8.83. The van der Waals surface area contributed by atoms with Crippen LogP contribution < -0.4 is 5.32 Å². The highest BCUT2D eigenvalue weighted by molar-refractivity contribution is 5.10. The molecular weight excluding hydrogens is 174 g/mol. The quantitative estimate of drug-likeness (QED) is 0.772. The summed E-state index contributed by atoms with van der Waals surface area (Å²) in [4.78, 5) is 8.96. The third kappa shape index (κ3) is 1.93. The minimum Gasteiger partial charge on any atom is -0.316 e. The molecule has 3 heteroatoms. The number of rotatable bonds is 2. The van der Waals surface area contributed by atoms with Gasteiger partial charge in [0, 0.05) is 24.4 Å². The fraction of sp³-hybridized carbons (Fsp3) is 0.636. The Balaban J connectivity index is 2.21. The third-order valence-corrected chi connectivity index (χ3v) is 2.71. The summed E-state index contributed by atoms with van der Waals surface area (Å²) in [6, 6.07) is 2.01. The second-order valence-electron chi connectivity index (χ2n) is 4.18. The lowest BCUT2D eigenvalue weighted by atomic mass is 10.1. The van der Waals surface area contributed by atoms with Crippen molar-refractivity contribution in [2.45, 2.75) is 32.1 Å². The van der Waals surface area contributed by atoms with Crippen molar-refractivity contribution in [1.29, 1.82) is 0 Å². The normalized spacial score (nSPS) is 21.8. The molecule has 3 nitrogen and oxygen atoms in total. The minimum atomic E-state index is 0.492. The van der Waals surface area contributed by atoms with Crippen molar-refractivity contribution in [1.82, 2.24) is 15.3 Å². The van der Waals surface area contributed by atoms with Crippen LogP contribution in [-0.2, 0) is 0 Å². The molecule has 14 heavy (non-hydrogen) atoms. The predicted molar refractivity (Wildman–Crippen MR) is 56.3 cm³/mol. The van der Waals surface area contributed by atoms with Gasteiger partial charge in [0.1, 0.15) is 5.82 Å². The minimum absolute atomic E-state index is 0.492. The Morgan fingerprint density at radius 1 is 1.50 bits per heavy atom. The van der Waals surface area contributed by atoms with Crippen LogP contribution in [0.5, 0.6) is 0 Å². The Labute approximate surface area is 85.0 Å². The van der Waals surface area contributed by atoms with Gasteiger partial charge in [-0.25, -0.2) is 9.97 Å². The van der Waals surface area contributed by atoms with Crippen molar-refractivity contribution < 1.29 is 0 Å². The largest absolute Gasteiger partial charge is 0.316 e. The summed E-state index contributed by atoms with van der Waals surface area (Å²) in [5.41, 5.74) is 1.15. The van der Waals surface area contributed by atoms with Crippen LogP contribution in [0, 0.1) is 0 Å². The van der Waals surface area contributed by atoms with Crippen molar-refractivity contribution in [3.63, 3.8) is 0 Å². The van der Waals surface area contributed by atoms with E-state index in [0.717, 1.165) is 24.6 Å². The maximum absolute atomic E-state index is 4.60. The molecule has 0 saturated carbocycles. The molecule has 1 aliphatic rings. The van der Waals surface area contributed by atoms with E-state index in [0.29, 0.717) is 11.8 Å². The molecule has 1 fully saturated rings. The molecule has 0 bridgehead atoms. The number of aromatic nitrogens is 2. The molecule has 1 aromatic heterocycles. The van der Waals surface area contributed by atoms with Crippen LogP contribution in [0.3, 0.4) is 0 Å². The van der Waals surface area contributed by atoms with Gasteiger partial charge in [-0.3, -0.25) is 0 Å². The van der Waals surface area contributed by atoms with Gasteiger partial charge in [0.25, 0.3) is 0 Å². The van der Waals surface area contributed by atoms with E-state index in [9.17, 15) is 0 Å². The molecule has 1 aliphatic heterocycles. The third-order valence-electron chi connectivity index (χ3n) is 2.71. The monoisotopic (exact) mass is 191 g/mol. The molecule has 2 heterocycles. The van der Waals surface area contributed by atoms with Gasteiger partial charge in [0.05, 0.1) is 0 Å². The fourth-order valence-corrected chi connectivity index (χ4v) is 1.78. The van der Waals surface area contributed by atoms with E-state index in [1.54, 1.807) is 0 Å². The number of hydrogen-bond acceptors (Lipinski definition) is 3. The van der Waals surface area contributed by atoms with Gasteiger partial charge < -0.3 is 5.32 Å². The average Bonchev–Trinajstić information content (AvgIpc) is 2.71. The van der Waals surface area contributed by atoms with Crippen LogP contribution in [-0.4, -0.2) is 23.1 Å². The van der Waals surface area contributed by atoms with Crippen molar-refractivity contribution in [3.05, 3.63) is 23.8 Å². The molecule has 1 unspecified atom stereocenters. The lowest BCUT2D eigenvalue weighted by Crippen LogP contribution is -2.11. The van der Waals surface area contributed by atoms with Crippen molar-refractivity contribution in [2.24, 2.45) is 0 Å². The highest BCUT2D eigenvalue weighted by Gasteiger charge is 2.19. The molecule has 2 rings (SSSR count). The van der Waals surface area contributed by atoms with Gasteiger partial charge >= 0.3 is 0 Å². The Hall–Kier alpha value is -0.960. The van der Waals surface area contributed by atoms with E-state index >= 15 is 0 Å². The molecule has 0 radical (unpaired) electrons. The number of nitrogens with one attached hydrogen (secondary N) is 1. The van der Waals surface area contributed by atoms with Gasteiger partial charge in [-0.15, -0.1) is 0 Å². The predicted octanol–water partition coefficient (Wildman–Crippen LogP) is 1.68. The topological polar surface area (TPSA) is 37.8 Å². The summed E-state index contributed by atoms with van der Waals surface area (Å²) in [6.07, 6.45) is 3.05. The SMILES string of the molecule is CC(C)c1ccnc(C2CCNC2)n1. The first-order chi connectivity index (χ1) is 6.77. The van der Waals surface area contributed by atoms with Gasteiger partial charge in [-0.1, -0.05) is 13.8 Å². The molecule has 1 aromatic rings. The summed E-state index contributed by atoms with van der Waals surface area (Å²) < 4.78 is 0. The van der Waals surface area contributed by atoms with E-state index in [2.05, 4.69) is 29.1 Å². The highest BCUT2D eigenvalue weighted by atomic mass is 15.0. The highest BCUT2D eigenvalue weighted by Crippen LogP contribution is 2.20. The van der Waals surface area contributed by atoms with E-state index in [1.807, 2.05) is 12.3 Å². The van der Waals surface area contributed by atoms with Crippen LogP contribution in [0.1, 0.15) is 43.6 Å². The summed E-state index contributed by atoms with van der Waals surface area (Å²) in [5, 5.41) is 3.34. The smallest absolute Gasteiger partial charge is 0.132 e. The summed E-state index contributed by atoms with van der Waals surface area (Å²) in [7, 11) is 0. The van der Waals surface area contributed by atoms with E-state index in [-0.39, 0.29) is 0 Å².